The molecule has 2 rings (SSSR count). The van der Waals surface area contributed by atoms with Crippen LogP contribution in [0.3, 0.4) is 0 Å². The molecule has 0 spiro atoms. The standard InChI is InChI=1S/C23H33N3O2S/c1-6-18(2)14-26(23(28)24(4)5)17-22(27)25(15-20-10-8-7-9-11-20)16-21-13-12-19(3)29-21/h7-13,18H,6,14-17H2,1-5H3. The Balaban J connectivity index is 2.19. The summed E-state index contributed by atoms with van der Waals surface area (Å²) >= 11 is 1.71. The highest BCUT2D eigenvalue weighted by atomic mass is 32.1. The summed E-state index contributed by atoms with van der Waals surface area (Å²) in [5.74, 6) is 0.313. The van der Waals surface area contributed by atoms with E-state index >= 15 is 0 Å². The zero-order chi connectivity index (χ0) is 21.4. The molecule has 0 aliphatic rings. The zero-order valence-corrected chi connectivity index (χ0v) is 19.0. The maximum absolute atomic E-state index is 13.3. The van der Waals surface area contributed by atoms with Crippen molar-refractivity contribution < 1.29 is 9.59 Å². The number of hydrogen-bond donors (Lipinski definition) is 0. The molecule has 29 heavy (non-hydrogen) atoms. The lowest BCUT2D eigenvalue weighted by Crippen LogP contribution is -2.47. The fourth-order valence-electron chi connectivity index (χ4n) is 3.06. The van der Waals surface area contributed by atoms with E-state index in [0.29, 0.717) is 25.6 Å². The largest absolute Gasteiger partial charge is 0.332 e. The van der Waals surface area contributed by atoms with Crippen molar-refractivity contribution in [3.05, 3.63) is 57.8 Å². The lowest BCUT2D eigenvalue weighted by Gasteiger charge is -2.31. The first kappa shape index (κ1) is 22.9. The molecule has 1 unspecified atom stereocenters. The van der Waals surface area contributed by atoms with Gasteiger partial charge in [-0.25, -0.2) is 4.79 Å². The molecule has 6 heteroatoms. The molecule has 2 aromatic rings. The number of thiophene rings is 1. The van der Waals surface area contributed by atoms with Crippen LogP contribution in [0.25, 0.3) is 0 Å². The summed E-state index contributed by atoms with van der Waals surface area (Å²) in [7, 11) is 3.46. The molecule has 3 amide bonds. The van der Waals surface area contributed by atoms with Gasteiger partial charge in [-0.3, -0.25) is 4.79 Å². The van der Waals surface area contributed by atoms with Gasteiger partial charge in [-0.2, -0.15) is 0 Å². The molecule has 1 atom stereocenters. The minimum absolute atomic E-state index is 0.0293. The Labute approximate surface area is 178 Å². The number of urea groups is 1. The Morgan fingerprint density at radius 2 is 1.69 bits per heavy atom. The van der Waals surface area contributed by atoms with Gasteiger partial charge >= 0.3 is 6.03 Å². The number of hydrogen-bond acceptors (Lipinski definition) is 3. The van der Waals surface area contributed by atoms with Gasteiger partial charge in [-0.05, 0) is 30.5 Å². The van der Waals surface area contributed by atoms with E-state index in [1.165, 1.54) is 4.88 Å². The second-order valence-electron chi connectivity index (χ2n) is 7.82. The predicted octanol–water partition coefficient (Wildman–Crippen LogP) is 4.62. The number of nitrogens with zero attached hydrogens (tertiary/aromatic N) is 3. The van der Waals surface area contributed by atoms with Gasteiger partial charge in [-0.15, -0.1) is 11.3 Å². The molecule has 0 fully saturated rings. The van der Waals surface area contributed by atoms with Crippen molar-refractivity contribution in [1.82, 2.24) is 14.7 Å². The van der Waals surface area contributed by atoms with Crippen molar-refractivity contribution >= 4 is 23.3 Å². The van der Waals surface area contributed by atoms with E-state index in [0.717, 1.165) is 16.9 Å². The number of aryl methyl sites for hydroxylation is 1. The van der Waals surface area contributed by atoms with Gasteiger partial charge < -0.3 is 14.7 Å². The number of amides is 3. The molecule has 0 aliphatic heterocycles. The topological polar surface area (TPSA) is 43.9 Å². The van der Waals surface area contributed by atoms with Crippen molar-refractivity contribution in [2.75, 3.05) is 27.2 Å². The van der Waals surface area contributed by atoms with Crippen molar-refractivity contribution in [2.24, 2.45) is 5.92 Å². The molecule has 0 bridgehead atoms. The Kier molecular flexibility index (Phi) is 8.70. The molecule has 0 saturated heterocycles. The van der Waals surface area contributed by atoms with E-state index in [1.807, 2.05) is 35.2 Å². The molecule has 1 aromatic heterocycles. The Morgan fingerprint density at radius 3 is 2.24 bits per heavy atom. The van der Waals surface area contributed by atoms with Gasteiger partial charge in [0.25, 0.3) is 0 Å². The first-order valence-electron chi connectivity index (χ1n) is 10.1. The summed E-state index contributed by atoms with van der Waals surface area (Å²) in [4.78, 5) is 33.4. The molecular weight excluding hydrogens is 382 g/mol. The normalized spacial score (nSPS) is 11.8. The van der Waals surface area contributed by atoms with Crippen molar-refractivity contribution in [3.8, 4) is 0 Å². The van der Waals surface area contributed by atoms with Crippen molar-refractivity contribution in [3.63, 3.8) is 0 Å². The smallest absolute Gasteiger partial charge is 0.319 e. The van der Waals surface area contributed by atoms with Crippen LogP contribution in [0.1, 0.15) is 35.6 Å². The number of carbonyl (C=O) groups is 2. The van der Waals surface area contributed by atoms with Gasteiger partial charge in [0.15, 0.2) is 0 Å². The SMILES string of the molecule is CCC(C)CN(CC(=O)N(Cc1ccccc1)Cc1ccc(C)s1)C(=O)N(C)C. The molecule has 0 saturated carbocycles. The van der Waals surface area contributed by atoms with E-state index in [-0.39, 0.29) is 18.5 Å². The number of benzene rings is 1. The van der Waals surface area contributed by atoms with Gasteiger partial charge in [0, 0.05) is 36.9 Å². The van der Waals surface area contributed by atoms with Crippen LogP contribution in [0.2, 0.25) is 0 Å². The molecular formula is C23H33N3O2S. The Morgan fingerprint density at radius 1 is 1.00 bits per heavy atom. The van der Waals surface area contributed by atoms with Crippen LogP contribution in [0.15, 0.2) is 42.5 Å². The van der Waals surface area contributed by atoms with Gasteiger partial charge in [0.1, 0.15) is 6.54 Å². The maximum atomic E-state index is 13.3. The molecule has 0 radical (unpaired) electrons. The summed E-state index contributed by atoms with van der Waals surface area (Å²) in [6.45, 7) is 8.04. The summed E-state index contributed by atoms with van der Waals surface area (Å²) in [5.41, 5.74) is 1.08. The third-order valence-corrected chi connectivity index (χ3v) is 5.91. The molecule has 158 valence electrons. The van der Waals surface area contributed by atoms with Crippen LogP contribution in [0, 0.1) is 12.8 Å². The molecule has 0 aliphatic carbocycles. The molecule has 0 N–H and O–H groups in total. The quantitative estimate of drug-likeness (QED) is 0.600. The minimum atomic E-state index is -0.120. The summed E-state index contributed by atoms with van der Waals surface area (Å²) in [5, 5.41) is 0. The zero-order valence-electron chi connectivity index (χ0n) is 18.2. The van der Waals surface area contributed by atoms with E-state index in [2.05, 4.69) is 32.9 Å². The minimum Gasteiger partial charge on any atom is -0.332 e. The second-order valence-corrected chi connectivity index (χ2v) is 9.19. The average Bonchev–Trinajstić information content (AvgIpc) is 3.11. The molecule has 1 aromatic carbocycles. The highest BCUT2D eigenvalue weighted by Gasteiger charge is 2.24. The lowest BCUT2D eigenvalue weighted by molar-refractivity contribution is -0.133. The van der Waals surface area contributed by atoms with Gasteiger partial charge in [-0.1, -0.05) is 50.6 Å². The van der Waals surface area contributed by atoms with Crippen LogP contribution in [0.4, 0.5) is 4.79 Å². The highest BCUT2D eigenvalue weighted by molar-refractivity contribution is 7.11. The van der Waals surface area contributed by atoms with E-state index in [9.17, 15) is 9.59 Å². The van der Waals surface area contributed by atoms with Gasteiger partial charge in [0.05, 0.1) is 6.54 Å². The fourth-order valence-corrected chi connectivity index (χ4v) is 3.96. The predicted molar refractivity (Wildman–Crippen MR) is 120 cm³/mol. The first-order valence-corrected chi connectivity index (χ1v) is 10.9. The summed E-state index contributed by atoms with van der Waals surface area (Å²) < 4.78 is 0. The van der Waals surface area contributed by atoms with Crippen molar-refractivity contribution in [2.45, 2.75) is 40.3 Å². The molecule has 1 heterocycles. The van der Waals surface area contributed by atoms with Gasteiger partial charge in [0.2, 0.25) is 5.91 Å². The molecule has 5 nitrogen and oxygen atoms in total. The van der Waals surface area contributed by atoms with Crippen LogP contribution in [0.5, 0.6) is 0 Å². The van der Waals surface area contributed by atoms with E-state index in [1.54, 1.807) is 35.2 Å². The number of rotatable bonds is 9. The van der Waals surface area contributed by atoms with Crippen LogP contribution in [-0.2, 0) is 17.9 Å². The monoisotopic (exact) mass is 415 g/mol. The number of carbonyl (C=O) groups excluding carboxylic acids is 2. The third-order valence-electron chi connectivity index (χ3n) is 4.92. The average molecular weight is 416 g/mol. The fraction of sp³-hybridized carbons (Fsp3) is 0.478. The third kappa shape index (κ3) is 7.20. The van der Waals surface area contributed by atoms with E-state index in [4.69, 9.17) is 0 Å². The maximum Gasteiger partial charge on any atom is 0.319 e. The van der Waals surface area contributed by atoms with Crippen LogP contribution < -0.4 is 0 Å². The summed E-state index contributed by atoms with van der Waals surface area (Å²) in [6.07, 6.45) is 0.966. The van der Waals surface area contributed by atoms with Crippen LogP contribution in [-0.4, -0.2) is 53.8 Å². The summed E-state index contributed by atoms with van der Waals surface area (Å²) in [6, 6.07) is 14.0. The highest BCUT2D eigenvalue weighted by Crippen LogP contribution is 2.19. The lowest BCUT2D eigenvalue weighted by atomic mass is 10.1. The Hall–Kier alpha value is -2.34. The Bertz CT molecular complexity index is 788. The van der Waals surface area contributed by atoms with Crippen LogP contribution >= 0.6 is 11.3 Å². The van der Waals surface area contributed by atoms with Crippen molar-refractivity contribution in [1.29, 1.82) is 0 Å². The van der Waals surface area contributed by atoms with E-state index < -0.39 is 0 Å². The first-order chi connectivity index (χ1) is 13.8. The second kappa shape index (κ2) is 11.0.